The Kier molecular flexibility index (Phi) is 6.08. The first-order valence-electron chi connectivity index (χ1n) is 9.21. The van der Waals surface area contributed by atoms with Crippen molar-refractivity contribution < 1.29 is 14.3 Å². The van der Waals surface area contributed by atoms with Crippen LogP contribution in [0.15, 0.2) is 48.7 Å². The molecular formula is C22H25N3O3S. The molecule has 0 unspecified atom stereocenters. The highest BCUT2D eigenvalue weighted by Crippen LogP contribution is 2.37. The maximum atomic E-state index is 13.3. The van der Waals surface area contributed by atoms with Crippen molar-refractivity contribution in [1.29, 1.82) is 0 Å². The number of hydrogen-bond acceptors (Lipinski definition) is 4. The normalized spacial score (nSPS) is 18.5. The Hall–Kier alpha value is -3.06. The predicted molar refractivity (Wildman–Crippen MR) is 118 cm³/mol. The Morgan fingerprint density at radius 3 is 2.62 bits per heavy atom. The van der Waals surface area contributed by atoms with Gasteiger partial charge in [0.05, 0.1) is 20.3 Å². The summed E-state index contributed by atoms with van der Waals surface area (Å²) in [7, 11) is 3.17. The molecule has 0 bridgehead atoms. The number of aryl methyl sites for hydroxylation is 1. The van der Waals surface area contributed by atoms with E-state index in [4.69, 9.17) is 21.7 Å². The van der Waals surface area contributed by atoms with E-state index in [2.05, 4.69) is 22.5 Å². The zero-order valence-electron chi connectivity index (χ0n) is 17.0. The topological polar surface area (TPSA) is 71.6 Å². The number of thiocarbonyl (C=S) groups is 1. The van der Waals surface area contributed by atoms with Gasteiger partial charge < -0.3 is 25.4 Å². The van der Waals surface area contributed by atoms with Crippen LogP contribution in [0.4, 0.5) is 5.69 Å². The van der Waals surface area contributed by atoms with Gasteiger partial charge >= 0.3 is 0 Å². The first kappa shape index (κ1) is 20.7. The van der Waals surface area contributed by atoms with E-state index in [0.717, 1.165) is 22.4 Å². The van der Waals surface area contributed by atoms with Gasteiger partial charge in [-0.3, -0.25) is 4.79 Å². The molecule has 1 fully saturated rings. The van der Waals surface area contributed by atoms with E-state index < -0.39 is 12.0 Å². The van der Waals surface area contributed by atoms with Gasteiger partial charge in [0.15, 0.2) is 5.11 Å². The van der Waals surface area contributed by atoms with Crippen LogP contribution in [0.1, 0.15) is 22.7 Å². The molecule has 2 aromatic carbocycles. The van der Waals surface area contributed by atoms with Crippen molar-refractivity contribution in [3.8, 4) is 11.5 Å². The van der Waals surface area contributed by atoms with Crippen LogP contribution in [0.25, 0.3) is 0 Å². The second kappa shape index (κ2) is 8.53. The number of carbonyl (C=O) groups is 1. The lowest BCUT2D eigenvalue weighted by Gasteiger charge is -2.36. The van der Waals surface area contributed by atoms with Crippen molar-refractivity contribution in [2.75, 3.05) is 19.5 Å². The first-order chi connectivity index (χ1) is 13.8. The summed E-state index contributed by atoms with van der Waals surface area (Å²) in [5, 5.41) is 9.63. The third kappa shape index (κ3) is 4.19. The summed E-state index contributed by atoms with van der Waals surface area (Å²) >= 11 is 5.31. The Balaban J connectivity index is 1.98. The highest BCUT2D eigenvalue weighted by atomic mass is 32.1. The van der Waals surface area contributed by atoms with Crippen molar-refractivity contribution in [1.82, 2.24) is 10.6 Å². The average Bonchev–Trinajstić information content (AvgIpc) is 2.70. The molecule has 3 N–H and O–H groups in total. The lowest BCUT2D eigenvalue weighted by atomic mass is 9.87. The number of benzene rings is 2. The van der Waals surface area contributed by atoms with Crippen LogP contribution in [0, 0.1) is 19.8 Å². The minimum atomic E-state index is -0.607. The van der Waals surface area contributed by atoms with Crippen molar-refractivity contribution in [3.05, 3.63) is 65.4 Å². The molecule has 1 amide bonds. The van der Waals surface area contributed by atoms with Gasteiger partial charge in [0.1, 0.15) is 17.4 Å². The van der Waals surface area contributed by atoms with Crippen LogP contribution in [0.2, 0.25) is 0 Å². The molecule has 2 atom stereocenters. The maximum absolute atomic E-state index is 13.3. The third-order valence-electron chi connectivity index (χ3n) is 5.19. The molecule has 1 heterocycles. The molecule has 0 aromatic heterocycles. The third-order valence-corrected chi connectivity index (χ3v) is 5.41. The van der Waals surface area contributed by atoms with Crippen LogP contribution in [-0.2, 0) is 4.79 Å². The summed E-state index contributed by atoms with van der Waals surface area (Å²) in [5.41, 5.74) is 4.23. The Labute approximate surface area is 176 Å². The predicted octanol–water partition coefficient (Wildman–Crippen LogP) is 3.61. The minimum Gasteiger partial charge on any atom is -0.497 e. The van der Waals surface area contributed by atoms with E-state index in [1.807, 2.05) is 44.2 Å². The molecule has 7 heteroatoms. The molecule has 1 aliphatic rings. The fourth-order valence-electron chi connectivity index (χ4n) is 3.42. The number of nitrogens with one attached hydrogen (secondary N) is 3. The van der Waals surface area contributed by atoms with Gasteiger partial charge in [0, 0.05) is 23.0 Å². The first-order valence-corrected chi connectivity index (χ1v) is 9.61. The summed E-state index contributed by atoms with van der Waals surface area (Å²) in [5.74, 6) is 0.471. The van der Waals surface area contributed by atoms with Crippen LogP contribution in [0.3, 0.4) is 0 Å². The average molecular weight is 412 g/mol. The summed E-state index contributed by atoms with van der Waals surface area (Å²) < 4.78 is 10.8. The molecule has 3 rings (SSSR count). The Morgan fingerprint density at radius 2 is 1.93 bits per heavy atom. The largest absolute Gasteiger partial charge is 0.497 e. The lowest BCUT2D eigenvalue weighted by molar-refractivity contribution is -0.119. The van der Waals surface area contributed by atoms with Gasteiger partial charge in [-0.05, 0) is 55.4 Å². The molecule has 0 aliphatic carbocycles. The molecule has 29 heavy (non-hydrogen) atoms. The summed E-state index contributed by atoms with van der Waals surface area (Å²) in [4.78, 5) is 13.3. The SMILES string of the molecule is C=C1NC(=S)N[C@H](c2ccc(OC)cc2OC)[C@H]1C(=O)Nc1cccc(C)c1C. The molecule has 1 saturated heterocycles. The van der Waals surface area contributed by atoms with Gasteiger partial charge in [-0.15, -0.1) is 0 Å². The molecule has 0 spiro atoms. The summed E-state index contributed by atoms with van der Waals surface area (Å²) in [6.45, 7) is 8.04. The molecular weight excluding hydrogens is 386 g/mol. The standard InChI is InChI=1S/C22H25N3O3S/c1-12-7-6-8-17(13(12)2)24-21(26)19-14(3)23-22(29)25-20(19)16-10-9-15(27-4)11-18(16)28-5/h6-11,19-20H,3H2,1-2,4-5H3,(H,24,26)(H2,23,25,29)/t19-,20+/m0/s1. The number of rotatable bonds is 5. The van der Waals surface area contributed by atoms with Crippen molar-refractivity contribution in [3.63, 3.8) is 0 Å². The second-order valence-corrected chi connectivity index (χ2v) is 7.33. The van der Waals surface area contributed by atoms with E-state index in [-0.39, 0.29) is 5.91 Å². The number of amides is 1. The van der Waals surface area contributed by atoms with Gasteiger partial charge in [0.2, 0.25) is 5.91 Å². The zero-order chi connectivity index (χ0) is 21.1. The van der Waals surface area contributed by atoms with Gasteiger partial charge in [0.25, 0.3) is 0 Å². The molecule has 2 aromatic rings. The molecule has 0 saturated carbocycles. The highest BCUT2D eigenvalue weighted by molar-refractivity contribution is 7.80. The number of hydrogen-bond donors (Lipinski definition) is 3. The van der Waals surface area contributed by atoms with Gasteiger partial charge in [-0.1, -0.05) is 18.7 Å². The Morgan fingerprint density at radius 1 is 1.17 bits per heavy atom. The fraction of sp³-hybridized carbons (Fsp3) is 0.273. The number of methoxy groups -OCH3 is 2. The van der Waals surface area contributed by atoms with E-state index in [0.29, 0.717) is 22.3 Å². The minimum absolute atomic E-state index is 0.186. The van der Waals surface area contributed by atoms with Gasteiger partial charge in [-0.2, -0.15) is 0 Å². The van der Waals surface area contributed by atoms with Crippen LogP contribution in [0.5, 0.6) is 11.5 Å². The highest BCUT2D eigenvalue weighted by Gasteiger charge is 2.38. The zero-order valence-corrected chi connectivity index (χ0v) is 17.8. The second-order valence-electron chi connectivity index (χ2n) is 6.92. The smallest absolute Gasteiger partial charge is 0.235 e. The summed E-state index contributed by atoms with van der Waals surface area (Å²) in [6, 6.07) is 10.9. The van der Waals surface area contributed by atoms with Crippen LogP contribution >= 0.6 is 12.2 Å². The number of carbonyl (C=O) groups excluding carboxylic acids is 1. The molecule has 1 aliphatic heterocycles. The molecule has 0 radical (unpaired) electrons. The van der Waals surface area contributed by atoms with Gasteiger partial charge in [-0.25, -0.2) is 0 Å². The van der Waals surface area contributed by atoms with E-state index in [1.165, 1.54) is 0 Å². The fourth-order valence-corrected chi connectivity index (χ4v) is 3.68. The molecule has 6 nitrogen and oxygen atoms in total. The van der Waals surface area contributed by atoms with E-state index in [1.54, 1.807) is 20.3 Å². The Bertz CT molecular complexity index is 974. The number of anilines is 1. The van der Waals surface area contributed by atoms with Crippen molar-refractivity contribution in [2.24, 2.45) is 5.92 Å². The summed E-state index contributed by atoms with van der Waals surface area (Å²) in [6.07, 6.45) is 0. The lowest BCUT2D eigenvalue weighted by Crippen LogP contribution is -2.51. The number of ether oxygens (including phenoxy) is 2. The van der Waals surface area contributed by atoms with Crippen LogP contribution in [-0.4, -0.2) is 25.2 Å². The van der Waals surface area contributed by atoms with E-state index in [9.17, 15) is 4.79 Å². The monoisotopic (exact) mass is 411 g/mol. The quantitative estimate of drug-likeness (QED) is 0.653. The van der Waals surface area contributed by atoms with Crippen molar-refractivity contribution in [2.45, 2.75) is 19.9 Å². The van der Waals surface area contributed by atoms with E-state index >= 15 is 0 Å². The molecule has 152 valence electrons. The van der Waals surface area contributed by atoms with Crippen molar-refractivity contribution >= 4 is 28.9 Å². The maximum Gasteiger partial charge on any atom is 0.235 e. The van der Waals surface area contributed by atoms with Crippen LogP contribution < -0.4 is 25.4 Å².